The molecule has 0 radical (unpaired) electrons. The smallest absolute Gasteiger partial charge is 0.130 e. The first-order valence-corrected chi connectivity index (χ1v) is 6.03. The zero-order valence-corrected chi connectivity index (χ0v) is 11.2. The van der Waals surface area contributed by atoms with Crippen molar-refractivity contribution in [1.29, 1.82) is 0 Å². The monoisotopic (exact) mass is 229 g/mol. The molecule has 2 rings (SSSR count). The van der Waals surface area contributed by atoms with E-state index in [0.29, 0.717) is 0 Å². The van der Waals surface area contributed by atoms with Gasteiger partial charge in [0.25, 0.3) is 0 Å². The van der Waals surface area contributed by atoms with Crippen molar-refractivity contribution in [3.63, 3.8) is 0 Å². The first-order valence-electron chi connectivity index (χ1n) is 6.03. The lowest BCUT2D eigenvalue weighted by molar-refractivity contribution is 0.245. The normalized spacial score (nSPS) is 11.2. The number of aromatic nitrogens is 1. The van der Waals surface area contributed by atoms with E-state index >= 15 is 0 Å². The Morgan fingerprint density at radius 3 is 2.47 bits per heavy atom. The topological polar surface area (TPSA) is 22.1 Å². The van der Waals surface area contributed by atoms with Crippen molar-refractivity contribution < 1.29 is 4.74 Å². The van der Waals surface area contributed by atoms with E-state index in [-0.39, 0.29) is 6.10 Å². The van der Waals surface area contributed by atoms with Crippen LogP contribution in [0.2, 0.25) is 0 Å². The zero-order valence-electron chi connectivity index (χ0n) is 11.2. The SMILES string of the molecule is Cc1cc(OC(C)C)c2ccc(C)c(C)c2n1. The van der Waals surface area contributed by atoms with Gasteiger partial charge in [-0.15, -0.1) is 0 Å². The van der Waals surface area contributed by atoms with Crippen LogP contribution in [0.5, 0.6) is 5.75 Å². The maximum Gasteiger partial charge on any atom is 0.130 e. The summed E-state index contributed by atoms with van der Waals surface area (Å²) in [6, 6.07) is 6.24. The Bertz CT molecular complexity index is 558. The average molecular weight is 229 g/mol. The lowest BCUT2D eigenvalue weighted by Crippen LogP contribution is -2.06. The van der Waals surface area contributed by atoms with Crippen LogP contribution in [0.15, 0.2) is 18.2 Å². The first-order chi connectivity index (χ1) is 7.99. The molecular weight excluding hydrogens is 210 g/mol. The summed E-state index contributed by atoms with van der Waals surface area (Å²) in [7, 11) is 0. The van der Waals surface area contributed by atoms with Gasteiger partial charge >= 0.3 is 0 Å². The van der Waals surface area contributed by atoms with Gasteiger partial charge in [0.15, 0.2) is 0 Å². The van der Waals surface area contributed by atoms with E-state index in [0.717, 1.165) is 22.3 Å². The number of nitrogens with zero attached hydrogens (tertiary/aromatic N) is 1. The van der Waals surface area contributed by atoms with Gasteiger partial charge in [0.1, 0.15) is 5.75 Å². The zero-order chi connectivity index (χ0) is 12.6. The molecule has 2 aromatic rings. The lowest BCUT2D eigenvalue weighted by atomic mass is 10.0. The van der Waals surface area contributed by atoms with Crippen molar-refractivity contribution in [3.8, 4) is 5.75 Å². The molecule has 0 saturated carbocycles. The van der Waals surface area contributed by atoms with Crippen molar-refractivity contribution in [2.45, 2.75) is 40.7 Å². The molecule has 0 spiro atoms. The first kappa shape index (κ1) is 11.9. The van der Waals surface area contributed by atoms with E-state index < -0.39 is 0 Å². The molecule has 1 aromatic heterocycles. The summed E-state index contributed by atoms with van der Waals surface area (Å²) in [4.78, 5) is 4.62. The molecule has 0 aliphatic carbocycles. The third-order valence-electron chi connectivity index (χ3n) is 2.96. The van der Waals surface area contributed by atoms with Gasteiger partial charge in [-0.25, -0.2) is 0 Å². The maximum absolute atomic E-state index is 5.86. The fraction of sp³-hybridized carbons (Fsp3) is 0.400. The third-order valence-corrected chi connectivity index (χ3v) is 2.96. The van der Waals surface area contributed by atoms with Crippen LogP contribution in [0.1, 0.15) is 30.7 Å². The Kier molecular flexibility index (Phi) is 3.05. The number of ether oxygens (including phenoxy) is 1. The second kappa shape index (κ2) is 4.36. The predicted molar refractivity (Wildman–Crippen MR) is 71.7 cm³/mol. The second-order valence-corrected chi connectivity index (χ2v) is 4.83. The van der Waals surface area contributed by atoms with Gasteiger partial charge < -0.3 is 4.74 Å². The quantitative estimate of drug-likeness (QED) is 0.778. The van der Waals surface area contributed by atoms with Crippen LogP contribution < -0.4 is 4.74 Å². The molecule has 0 aliphatic heterocycles. The molecule has 90 valence electrons. The molecule has 0 aliphatic rings. The molecule has 0 unspecified atom stereocenters. The Morgan fingerprint density at radius 1 is 1.12 bits per heavy atom. The molecule has 0 N–H and O–H groups in total. The van der Waals surface area contributed by atoms with E-state index in [9.17, 15) is 0 Å². The van der Waals surface area contributed by atoms with Gasteiger partial charge in [-0.2, -0.15) is 0 Å². The summed E-state index contributed by atoms with van der Waals surface area (Å²) < 4.78 is 5.86. The van der Waals surface area contributed by atoms with Crippen LogP contribution in [0, 0.1) is 20.8 Å². The number of rotatable bonds is 2. The van der Waals surface area contributed by atoms with E-state index in [1.54, 1.807) is 0 Å². The van der Waals surface area contributed by atoms with Crippen LogP contribution in [-0.4, -0.2) is 11.1 Å². The molecule has 17 heavy (non-hydrogen) atoms. The standard InChI is InChI=1S/C15H19NO/c1-9(2)17-14-8-11(4)16-15-12(5)10(3)6-7-13(14)15/h6-9H,1-5H3. The van der Waals surface area contributed by atoms with Gasteiger partial charge in [0.05, 0.1) is 11.6 Å². The van der Waals surface area contributed by atoms with Crippen LogP contribution >= 0.6 is 0 Å². The van der Waals surface area contributed by atoms with E-state index in [2.05, 4.69) is 31.0 Å². The number of hydrogen-bond donors (Lipinski definition) is 0. The van der Waals surface area contributed by atoms with Crippen molar-refractivity contribution in [2.75, 3.05) is 0 Å². The van der Waals surface area contributed by atoms with E-state index in [1.165, 1.54) is 11.1 Å². The van der Waals surface area contributed by atoms with Crippen LogP contribution in [0.3, 0.4) is 0 Å². The van der Waals surface area contributed by atoms with Crippen LogP contribution in [0.25, 0.3) is 10.9 Å². The molecule has 1 heterocycles. The molecule has 0 atom stereocenters. The largest absolute Gasteiger partial charge is 0.490 e. The molecular formula is C15H19NO. The summed E-state index contributed by atoms with van der Waals surface area (Å²) >= 11 is 0. The number of fused-ring (bicyclic) bond motifs is 1. The molecule has 0 amide bonds. The van der Waals surface area contributed by atoms with E-state index in [1.807, 2.05) is 26.8 Å². The fourth-order valence-electron chi connectivity index (χ4n) is 1.97. The molecule has 0 fully saturated rings. The molecule has 1 aromatic carbocycles. The van der Waals surface area contributed by atoms with Gasteiger partial charge in [-0.3, -0.25) is 4.98 Å². The van der Waals surface area contributed by atoms with Crippen molar-refractivity contribution >= 4 is 10.9 Å². The van der Waals surface area contributed by atoms with Gasteiger partial charge in [-0.1, -0.05) is 6.07 Å². The van der Waals surface area contributed by atoms with Gasteiger partial charge in [0, 0.05) is 17.1 Å². The summed E-state index contributed by atoms with van der Waals surface area (Å²) in [6.07, 6.45) is 0.182. The fourth-order valence-corrected chi connectivity index (χ4v) is 1.97. The molecule has 0 saturated heterocycles. The minimum atomic E-state index is 0.182. The second-order valence-electron chi connectivity index (χ2n) is 4.83. The highest BCUT2D eigenvalue weighted by Crippen LogP contribution is 2.29. The predicted octanol–water partition coefficient (Wildman–Crippen LogP) is 3.95. The van der Waals surface area contributed by atoms with Crippen LogP contribution in [-0.2, 0) is 0 Å². The minimum Gasteiger partial charge on any atom is -0.490 e. The van der Waals surface area contributed by atoms with Crippen LogP contribution in [0.4, 0.5) is 0 Å². The van der Waals surface area contributed by atoms with Crippen molar-refractivity contribution in [2.24, 2.45) is 0 Å². The number of benzene rings is 1. The van der Waals surface area contributed by atoms with Gasteiger partial charge in [0.2, 0.25) is 0 Å². The molecule has 2 nitrogen and oxygen atoms in total. The summed E-state index contributed by atoms with van der Waals surface area (Å²) in [5.41, 5.74) is 4.56. The molecule has 0 bridgehead atoms. The summed E-state index contributed by atoms with van der Waals surface area (Å²) in [6.45, 7) is 10.3. The number of aryl methyl sites for hydroxylation is 3. The average Bonchev–Trinajstić information content (AvgIpc) is 2.23. The summed E-state index contributed by atoms with van der Waals surface area (Å²) in [5.74, 6) is 0.936. The maximum atomic E-state index is 5.86. The highest BCUT2D eigenvalue weighted by Gasteiger charge is 2.09. The van der Waals surface area contributed by atoms with Gasteiger partial charge in [-0.05, 0) is 51.8 Å². The molecule has 2 heteroatoms. The number of hydrogen-bond acceptors (Lipinski definition) is 2. The van der Waals surface area contributed by atoms with Crippen molar-refractivity contribution in [1.82, 2.24) is 4.98 Å². The van der Waals surface area contributed by atoms with Crippen molar-refractivity contribution in [3.05, 3.63) is 35.0 Å². The lowest BCUT2D eigenvalue weighted by Gasteiger charge is -2.14. The summed E-state index contributed by atoms with van der Waals surface area (Å²) in [5, 5.41) is 1.10. The minimum absolute atomic E-state index is 0.182. The Morgan fingerprint density at radius 2 is 1.82 bits per heavy atom. The Balaban J connectivity index is 2.72. The van der Waals surface area contributed by atoms with E-state index in [4.69, 9.17) is 4.74 Å². The highest BCUT2D eigenvalue weighted by molar-refractivity contribution is 5.88. The Hall–Kier alpha value is -1.57. The Labute approximate surface area is 103 Å². The third kappa shape index (κ3) is 2.26. The highest BCUT2D eigenvalue weighted by atomic mass is 16.5. The number of pyridine rings is 1.